The van der Waals surface area contributed by atoms with Gasteiger partial charge in [0.1, 0.15) is 0 Å². The molecule has 0 aliphatic carbocycles. The van der Waals surface area contributed by atoms with Crippen molar-refractivity contribution in [2.45, 2.75) is 6.54 Å². The van der Waals surface area contributed by atoms with Crippen molar-refractivity contribution in [3.05, 3.63) is 69.8 Å². The number of hydrogen-bond acceptors (Lipinski definition) is 1. The van der Waals surface area contributed by atoms with Crippen LogP contribution in [0, 0.1) is 0 Å². The van der Waals surface area contributed by atoms with Crippen molar-refractivity contribution < 1.29 is 4.79 Å². The lowest BCUT2D eigenvalue weighted by molar-refractivity contribution is 0.112. The Bertz CT molecular complexity index is 792. The van der Waals surface area contributed by atoms with Crippen LogP contribution in [-0.4, -0.2) is 10.9 Å². The van der Waals surface area contributed by atoms with E-state index < -0.39 is 0 Å². The van der Waals surface area contributed by atoms with Crippen LogP contribution in [0.2, 0.25) is 10.0 Å². The molecule has 3 aromatic rings. The first-order valence-corrected chi connectivity index (χ1v) is 6.91. The van der Waals surface area contributed by atoms with Gasteiger partial charge in [0.15, 0.2) is 6.29 Å². The summed E-state index contributed by atoms with van der Waals surface area (Å²) in [6.07, 6.45) is 2.71. The van der Waals surface area contributed by atoms with E-state index >= 15 is 0 Å². The smallest absolute Gasteiger partial charge is 0.152 e. The van der Waals surface area contributed by atoms with Crippen molar-refractivity contribution in [1.29, 1.82) is 0 Å². The normalized spacial score (nSPS) is 10.9. The van der Waals surface area contributed by atoms with Crippen molar-refractivity contribution >= 4 is 40.4 Å². The molecule has 0 radical (unpaired) electrons. The largest absolute Gasteiger partial charge is 0.342 e. The third-order valence-electron chi connectivity index (χ3n) is 3.24. The first-order valence-electron chi connectivity index (χ1n) is 6.15. The van der Waals surface area contributed by atoms with Gasteiger partial charge in [-0.1, -0.05) is 41.4 Å². The third kappa shape index (κ3) is 2.45. The van der Waals surface area contributed by atoms with E-state index in [4.69, 9.17) is 23.2 Å². The van der Waals surface area contributed by atoms with Crippen LogP contribution in [0.5, 0.6) is 0 Å². The van der Waals surface area contributed by atoms with E-state index in [2.05, 4.69) is 0 Å². The number of benzene rings is 2. The van der Waals surface area contributed by atoms with Gasteiger partial charge in [-0.05, 0) is 29.8 Å². The van der Waals surface area contributed by atoms with Crippen molar-refractivity contribution in [2.75, 3.05) is 0 Å². The van der Waals surface area contributed by atoms with Gasteiger partial charge in [0.05, 0.1) is 5.52 Å². The lowest BCUT2D eigenvalue weighted by atomic mass is 10.2. The Morgan fingerprint density at radius 2 is 1.85 bits per heavy atom. The fourth-order valence-electron chi connectivity index (χ4n) is 2.35. The van der Waals surface area contributed by atoms with Crippen molar-refractivity contribution in [3.63, 3.8) is 0 Å². The highest BCUT2D eigenvalue weighted by atomic mass is 35.5. The molecule has 2 aromatic carbocycles. The van der Waals surface area contributed by atoms with Gasteiger partial charge >= 0.3 is 0 Å². The summed E-state index contributed by atoms with van der Waals surface area (Å²) in [5, 5.41) is 2.26. The number of carbonyl (C=O) groups is 1. The Balaban J connectivity index is 2.11. The summed E-state index contributed by atoms with van der Waals surface area (Å²) in [6, 6.07) is 13.2. The molecule has 20 heavy (non-hydrogen) atoms. The highest BCUT2D eigenvalue weighted by Crippen LogP contribution is 2.25. The minimum atomic E-state index is 0.644. The quantitative estimate of drug-likeness (QED) is 0.636. The van der Waals surface area contributed by atoms with E-state index in [9.17, 15) is 4.79 Å². The van der Waals surface area contributed by atoms with Crippen LogP contribution in [0.1, 0.15) is 15.9 Å². The fourth-order valence-corrected chi connectivity index (χ4v) is 2.73. The Hall–Kier alpha value is -1.77. The number of halogens is 2. The maximum Gasteiger partial charge on any atom is 0.152 e. The minimum Gasteiger partial charge on any atom is -0.342 e. The van der Waals surface area contributed by atoms with Crippen LogP contribution in [0.4, 0.5) is 0 Å². The molecule has 0 aliphatic heterocycles. The summed E-state index contributed by atoms with van der Waals surface area (Å²) < 4.78 is 2.01. The highest BCUT2D eigenvalue weighted by Gasteiger charge is 2.09. The van der Waals surface area contributed by atoms with E-state index in [1.165, 1.54) is 0 Å². The molecule has 100 valence electrons. The Morgan fingerprint density at radius 3 is 2.60 bits per heavy atom. The molecule has 3 rings (SSSR count). The third-order valence-corrected chi connectivity index (χ3v) is 3.71. The van der Waals surface area contributed by atoms with Gasteiger partial charge in [0.2, 0.25) is 0 Å². The predicted molar refractivity (Wildman–Crippen MR) is 82.9 cm³/mol. The minimum absolute atomic E-state index is 0.644. The number of nitrogens with zero attached hydrogens (tertiary/aromatic N) is 1. The van der Waals surface area contributed by atoms with Gasteiger partial charge in [-0.3, -0.25) is 4.79 Å². The highest BCUT2D eigenvalue weighted by molar-refractivity contribution is 6.31. The average molecular weight is 304 g/mol. The molecule has 0 aliphatic rings. The summed E-state index contributed by atoms with van der Waals surface area (Å²) in [4.78, 5) is 11.2. The number of rotatable bonds is 3. The van der Waals surface area contributed by atoms with Gasteiger partial charge in [-0.2, -0.15) is 0 Å². The van der Waals surface area contributed by atoms with Gasteiger partial charge in [-0.15, -0.1) is 0 Å². The molecule has 1 heterocycles. The van der Waals surface area contributed by atoms with Crippen molar-refractivity contribution in [2.24, 2.45) is 0 Å². The number of fused-ring (bicyclic) bond motifs is 1. The van der Waals surface area contributed by atoms with E-state index in [0.29, 0.717) is 22.2 Å². The summed E-state index contributed by atoms with van der Waals surface area (Å²) in [5.74, 6) is 0. The zero-order chi connectivity index (χ0) is 14.1. The Morgan fingerprint density at radius 1 is 1.05 bits per heavy atom. The number of hydrogen-bond donors (Lipinski definition) is 0. The lowest BCUT2D eigenvalue weighted by Crippen LogP contribution is -1.97. The molecule has 0 bridgehead atoms. The van der Waals surface area contributed by atoms with Gasteiger partial charge in [0.25, 0.3) is 0 Å². The molecule has 0 unspecified atom stereocenters. The predicted octanol–water partition coefficient (Wildman–Crippen LogP) is 4.81. The monoisotopic (exact) mass is 303 g/mol. The second kappa shape index (κ2) is 5.31. The average Bonchev–Trinajstić information content (AvgIpc) is 2.76. The van der Waals surface area contributed by atoms with Crippen LogP contribution in [0.15, 0.2) is 48.7 Å². The van der Waals surface area contributed by atoms with Crippen LogP contribution in [0.25, 0.3) is 10.9 Å². The molecule has 0 fully saturated rings. The molecule has 0 spiro atoms. The maximum atomic E-state index is 11.2. The molecule has 2 nitrogen and oxygen atoms in total. The second-order valence-electron chi connectivity index (χ2n) is 4.62. The first kappa shape index (κ1) is 13.2. The van der Waals surface area contributed by atoms with Crippen LogP contribution >= 0.6 is 23.2 Å². The van der Waals surface area contributed by atoms with Gasteiger partial charge < -0.3 is 4.57 Å². The topological polar surface area (TPSA) is 22.0 Å². The second-order valence-corrected chi connectivity index (χ2v) is 5.49. The number of carbonyl (C=O) groups excluding carboxylic acids is 1. The number of aromatic nitrogens is 1. The molecule has 0 atom stereocenters. The van der Waals surface area contributed by atoms with Crippen molar-refractivity contribution in [3.8, 4) is 0 Å². The summed E-state index contributed by atoms with van der Waals surface area (Å²) in [6.45, 7) is 0.644. The lowest BCUT2D eigenvalue weighted by Gasteiger charge is -2.06. The van der Waals surface area contributed by atoms with Gasteiger partial charge in [0, 0.05) is 33.7 Å². The molecular formula is C16H11Cl2NO. The molecule has 0 amide bonds. The van der Waals surface area contributed by atoms with E-state index in [1.54, 1.807) is 6.07 Å². The summed E-state index contributed by atoms with van der Waals surface area (Å²) >= 11 is 12.0. The van der Waals surface area contributed by atoms with E-state index in [0.717, 1.165) is 22.8 Å². The number of aldehydes is 1. The molecule has 4 heteroatoms. The fraction of sp³-hybridized carbons (Fsp3) is 0.0625. The van der Waals surface area contributed by atoms with Crippen LogP contribution in [-0.2, 0) is 6.54 Å². The maximum absolute atomic E-state index is 11.2. The standard InChI is InChI=1S/C16H11Cl2NO/c17-13-3-1-2-11(6-13)8-19-9-12(10-20)15-5-4-14(18)7-16(15)19/h1-7,9-10H,8H2. The molecule has 0 N–H and O–H groups in total. The zero-order valence-electron chi connectivity index (χ0n) is 10.5. The molecule has 0 saturated heterocycles. The summed E-state index contributed by atoms with van der Waals surface area (Å²) in [7, 11) is 0. The van der Waals surface area contributed by atoms with Crippen LogP contribution in [0.3, 0.4) is 0 Å². The first-order chi connectivity index (χ1) is 9.67. The SMILES string of the molecule is O=Cc1cn(Cc2cccc(Cl)c2)c2cc(Cl)ccc12. The zero-order valence-corrected chi connectivity index (χ0v) is 12.0. The Kier molecular flexibility index (Phi) is 3.51. The van der Waals surface area contributed by atoms with Gasteiger partial charge in [-0.25, -0.2) is 0 Å². The van der Waals surface area contributed by atoms with E-state index in [-0.39, 0.29) is 0 Å². The van der Waals surface area contributed by atoms with Crippen LogP contribution < -0.4 is 0 Å². The van der Waals surface area contributed by atoms with Crippen molar-refractivity contribution in [1.82, 2.24) is 4.57 Å². The summed E-state index contributed by atoms with van der Waals surface area (Å²) in [5.41, 5.74) is 2.69. The molecule has 0 saturated carbocycles. The van der Waals surface area contributed by atoms with E-state index in [1.807, 2.05) is 47.2 Å². The molecule has 1 aromatic heterocycles. The molecular weight excluding hydrogens is 293 g/mol. The Labute approximate surface area is 126 Å².